The summed E-state index contributed by atoms with van der Waals surface area (Å²) in [5.74, 6) is 1.80. The zero-order chi connectivity index (χ0) is 19.6. The predicted molar refractivity (Wildman–Crippen MR) is 127 cm³/mol. The Labute approximate surface area is 189 Å². The van der Waals surface area contributed by atoms with Crippen LogP contribution in [0.5, 0.6) is 0 Å². The molecule has 0 amide bonds. The van der Waals surface area contributed by atoms with E-state index in [0.29, 0.717) is 0 Å². The molecule has 0 aliphatic carbocycles. The van der Waals surface area contributed by atoms with E-state index >= 15 is 0 Å². The number of rotatable bonds is 9. The van der Waals surface area contributed by atoms with E-state index in [2.05, 4.69) is 20.5 Å². The Bertz CT molecular complexity index is 784. The molecule has 0 saturated carbocycles. The van der Waals surface area contributed by atoms with Crippen LogP contribution >= 0.6 is 24.0 Å². The van der Waals surface area contributed by atoms with Gasteiger partial charge in [0.25, 0.3) is 0 Å². The summed E-state index contributed by atoms with van der Waals surface area (Å²) in [5.41, 5.74) is 0.0545. The van der Waals surface area contributed by atoms with Gasteiger partial charge in [-0.05, 0) is 57.0 Å². The molecule has 0 spiro atoms. The van der Waals surface area contributed by atoms with E-state index in [0.717, 1.165) is 57.3 Å². The third-order valence-corrected chi connectivity index (χ3v) is 5.16. The second kappa shape index (κ2) is 12.7. The minimum Gasteiger partial charge on any atom is -0.468 e. The van der Waals surface area contributed by atoms with Crippen molar-refractivity contribution in [3.8, 4) is 0 Å². The van der Waals surface area contributed by atoms with Gasteiger partial charge in [-0.15, -0.1) is 24.0 Å². The molecule has 1 aliphatic rings. The Morgan fingerprint density at radius 3 is 2.69 bits per heavy atom. The second-order valence-electron chi connectivity index (χ2n) is 7.09. The van der Waals surface area contributed by atoms with Crippen molar-refractivity contribution < 1.29 is 4.42 Å². The zero-order valence-corrected chi connectivity index (χ0v) is 19.4. The first kappa shape index (κ1) is 23.5. The van der Waals surface area contributed by atoms with Crippen LogP contribution in [0.3, 0.4) is 0 Å². The van der Waals surface area contributed by atoms with Crippen LogP contribution in [0.4, 0.5) is 0 Å². The van der Waals surface area contributed by atoms with Crippen molar-refractivity contribution in [3.63, 3.8) is 0 Å². The summed E-state index contributed by atoms with van der Waals surface area (Å²) in [4.78, 5) is 18.5. The van der Waals surface area contributed by atoms with Crippen LogP contribution in [0, 0.1) is 0 Å². The zero-order valence-electron chi connectivity index (χ0n) is 17.0. The highest BCUT2D eigenvalue weighted by Gasteiger charge is 2.25. The van der Waals surface area contributed by atoms with Gasteiger partial charge in [0.1, 0.15) is 5.76 Å². The lowest BCUT2D eigenvalue weighted by molar-refractivity contribution is 0.215. The standard InChI is InChI=1S/C21H31N5O2.HI/c1-22-21(23-11-3-5-15-26-14-4-2-10-20(26)27)24-17-18(19-9-8-16-28-19)25-12-6-7-13-25;/h2,4,8-10,14,16,18H,3,5-7,11-13,15,17H2,1H3,(H2,22,23,24);1H. The molecule has 0 aromatic carbocycles. The first-order valence-corrected chi connectivity index (χ1v) is 10.2. The van der Waals surface area contributed by atoms with Gasteiger partial charge in [-0.2, -0.15) is 0 Å². The molecule has 3 heterocycles. The normalized spacial score (nSPS) is 15.7. The number of furan rings is 1. The third kappa shape index (κ3) is 7.18. The fraction of sp³-hybridized carbons (Fsp3) is 0.524. The molecule has 0 bridgehead atoms. The van der Waals surface area contributed by atoms with E-state index in [1.165, 1.54) is 12.8 Å². The highest BCUT2D eigenvalue weighted by atomic mass is 127. The number of nitrogens with one attached hydrogen (secondary N) is 2. The number of unbranched alkanes of at least 4 members (excludes halogenated alkanes) is 1. The Morgan fingerprint density at radius 1 is 1.17 bits per heavy atom. The van der Waals surface area contributed by atoms with Crippen LogP contribution in [0.1, 0.15) is 37.5 Å². The summed E-state index contributed by atoms with van der Waals surface area (Å²) >= 11 is 0. The number of likely N-dealkylation sites (tertiary alicyclic amines) is 1. The summed E-state index contributed by atoms with van der Waals surface area (Å²) in [7, 11) is 1.79. The van der Waals surface area contributed by atoms with Crippen molar-refractivity contribution in [3.05, 3.63) is 58.9 Å². The third-order valence-electron chi connectivity index (χ3n) is 5.16. The van der Waals surface area contributed by atoms with Crippen LogP contribution < -0.4 is 16.2 Å². The molecule has 29 heavy (non-hydrogen) atoms. The van der Waals surface area contributed by atoms with Crippen molar-refractivity contribution in [2.24, 2.45) is 4.99 Å². The molecule has 1 saturated heterocycles. The van der Waals surface area contributed by atoms with E-state index in [-0.39, 0.29) is 35.6 Å². The van der Waals surface area contributed by atoms with Crippen LogP contribution in [0.2, 0.25) is 0 Å². The van der Waals surface area contributed by atoms with Crippen LogP contribution in [0.15, 0.2) is 57.0 Å². The lowest BCUT2D eigenvalue weighted by Gasteiger charge is -2.26. The molecule has 1 unspecified atom stereocenters. The average molecular weight is 513 g/mol. The van der Waals surface area contributed by atoms with Gasteiger partial charge in [0, 0.05) is 38.9 Å². The van der Waals surface area contributed by atoms with Crippen molar-refractivity contribution in [2.75, 3.05) is 33.2 Å². The molecule has 7 nitrogen and oxygen atoms in total. The molecule has 1 fully saturated rings. The van der Waals surface area contributed by atoms with Gasteiger partial charge in [-0.25, -0.2) is 0 Å². The molecule has 3 rings (SSSR count). The number of guanidine groups is 1. The Balaban J connectivity index is 0.00000300. The van der Waals surface area contributed by atoms with Gasteiger partial charge in [-0.3, -0.25) is 14.7 Å². The van der Waals surface area contributed by atoms with Crippen LogP contribution in [-0.2, 0) is 6.54 Å². The van der Waals surface area contributed by atoms with E-state index in [1.807, 2.05) is 24.4 Å². The molecule has 1 aliphatic heterocycles. The highest BCUT2D eigenvalue weighted by Crippen LogP contribution is 2.24. The topological polar surface area (TPSA) is 74.8 Å². The summed E-state index contributed by atoms with van der Waals surface area (Å²) in [6, 6.07) is 9.48. The van der Waals surface area contributed by atoms with Crippen molar-refractivity contribution >= 4 is 29.9 Å². The molecule has 0 radical (unpaired) electrons. The lowest BCUT2D eigenvalue weighted by Crippen LogP contribution is -2.42. The number of nitrogens with zero attached hydrogens (tertiary/aromatic N) is 3. The minimum atomic E-state index is 0. The molecule has 1 atom stereocenters. The summed E-state index contributed by atoms with van der Waals surface area (Å²) in [6.07, 6.45) is 7.97. The van der Waals surface area contributed by atoms with E-state index in [1.54, 1.807) is 30.0 Å². The van der Waals surface area contributed by atoms with Crippen molar-refractivity contribution in [1.82, 2.24) is 20.1 Å². The van der Waals surface area contributed by atoms with E-state index in [9.17, 15) is 4.79 Å². The number of aliphatic imine (C=N–C) groups is 1. The summed E-state index contributed by atoms with van der Waals surface area (Å²) < 4.78 is 7.42. The number of hydrogen-bond acceptors (Lipinski definition) is 4. The van der Waals surface area contributed by atoms with Crippen LogP contribution in [0.25, 0.3) is 0 Å². The number of aryl methyl sites for hydroxylation is 1. The first-order valence-electron chi connectivity index (χ1n) is 10.2. The van der Waals surface area contributed by atoms with Gasteiger partial charge in [-0.1, -0.05) is 6.07 Å². The van der Waals surface area contributed by atoms with Gasteiger partial charge in [0.15, 0.2) is 5.96 Å². The highest BCUT2D eigenvalue weighted by molar-refractivity contribution is 14.0. The number of hydrogen-bond donors (Lipinski definition) is 2. The average Bonchev–Trinajstić information content (AvgIpc) is 3.42. The van der Waals surface area contributed by atoms with Gasteiger partial charge in [0.2, 0.25) is 5.56 Å². The smallest absolute Gasteiger partial charge is 0.250 e. The van der Waals surface area contributed by atoms with Gasteiger partial charge >= 0.3 is 0 Å². The maximum absolute atomic E-state index is 11.7. The molecule has 2 aromatic heterocycles. The maximum atomic E-state index is 11.7. The Morgan fingerprint density at radius 2 is 2.00 bits per heavy atom. The minimum absolute atomic E-state index is 0. The van der Waals surface area contributed by atoms with Crippen molar-refractivity contribution in [2.45, 2.75) is 38.3 Å². The van der Waals surface area contributed by atoms with E-state index in [4.69, 9.17) is 4.42 Å². The molecule has 160 valence electrons. The van der Waals surface area contributed by atoms with Gasteiger partial charge in [0.05, 0.1) is 12.3 Å². The van der Waals surface area contributed by atoms with Crippen LogP contribution in [-0.4, -0.2) is 48.7 Å². The molecule has 2 aromatic rings. The number of halogens is 1. The largest absolute Gasteiger partial charge is 0.468 e. The monoisotopic (exact) mass is 513 g/mol. The fourth-order valence-corrected chi connectivity index (χ4v) is 3.62. The molecular weight excluding hydrogens is 481 g/mol. The molecule has 2 N–H and O–H groups in total. The quantitative estimate of drug-likeness (QED) is 0.234. The number of aromatic nitrogens is 1. The fourth-order valence-electron chi connectivity index (χ4n) is 3.62. The second-order valence-corrected chi connectivity index (χ2v) is 7.09. The van der Waals surface area contributed by atoms with E-state index < -0.39 is 0 Å². The Hall–Kier alpha value is -1.81. The summed E-state index contributed by atoms with van der Waals surface area (Å²) in [5, 5.41) is 6.80. The SMILES string of the molecule is CN=C(NCCCCn1ccccc1=O)NCC(c1ccco1)N1CCCC1.I. The maximum Gasteiger partial charge on any atom is 0.250 e. The van der Waals surface area contributed by atoms with Crippen molar-refractivity contribution in [1.29, 1.82) is 0 Å². The predicted octanol–water partition coefficient (Wildman–Crippen LogP) is 2.84. The molecule has 8 heteroatoms. The summed E-state index contributed by atoms with van der Waals surface area (Å²) in [6.45, 7) is 4.53. The Kier molecular flexibility index (Phi) is 10.3. The molecular formula is C21H32IN5O2. The number of pyridine rings is 1. The van der Waals surface area contributed by atoms with Gasteiger partial charge < -0.3 is 19.6 Å². The first-order chi connectivity index (χ1) is 13.8. The lowest BCUT2D eigenvalue weighted by atomic mass is 10.2.